The van der Waals surface area contributed by atoms with E-state index < -0.39 is 13.0 Å². The number of primary amides is 1. The molecular formula is C11H11BN2O5S. The van der Waals surface area contributed by atoms with Gasteiger partial charge in [0.25, 0.3) is 12.4 Å². The first-order chi connectivity index (χ1) is 9.47. The van der Waals surface area contributed by atoms with Gasteiger partial charge in [-0.3, -0.25) is 9.59 Å². The van der Waals surface area contributed by atoms with Crippen LogP contribution >= 0.6 is 11.9 Å². The Morgan fingerprint density at radius 3 is 2.85 bits per heavy atom. The molecule has 2 rings (SSSR count). The minimum Gasteiger partial charge on any atom is -0.508 e. The Hall–Kier alpha value is -2.13. The van der Waals surface area contributed by atoms with E-state index in [2.05, 4.69) is 4.65 Å². The van der Waals surface area contributed by atoms with E-state index in [9.17, 15) is 19.7 Å². The van der Waals surface area contributed by atoms with Gasteiger partial charge in [0, 0.05) is 23.0 Å². The molecule has 1 aliphatic heterocycles. The molecule has 104 valence electrons. The summed E-state index contributed by atoms with van der Waals surface area (Å²) in [5.74, 6) is -1.17. The van der Waals surface area contributed by atoms with Gasteiger partial charge < -0.3 is 24.8 Å². The number of hydrogen-bond acceptors (Lipinski definition) is 7. The van der Waals surface area contributed by atoms with Crippen LogP contribution in [0.3, 0.4) is 0 Å². The summed E-state index contributed by atoms with van der Waals surface area (Å²) in [6.45, 7) is 0.0991. The van der Waals surface area contributed by atoms with Crippen LogP contribution in [0.25, 0.3) is 5.76 Å². The molecule has 7 nitrogen and oxygen atoms in total. The fraction of sp³-hybridized carbons (Fsp3) is 0.0909. The quantitative estimate of drug-likeness (QED) is 0.379. The molecule has 0 aliphatic carbocycles. The van der Waals surface area contributed by atoms with Gasteiger partial charge in [0.15, 0.2) is 11.5 Å². The molecule has 1 amide bonds. The van der Waals surface area contributed by atoms with Crippen molar-refractivity contribution in [1.29, 1.82) is 0 Å². The highest BCUT2D eigenvalue weighted by Gasteiger charge is 2.33. The molecule has 9 heteroatoms. The number of nitrogens with zero attached hydrogens (tertiary/aromatic N) is 1. The van der Waals surface area contributed by atoms with Gasteiger partial charge in [-0.05, 0) is 18.0 Å². The second-order valence-electron chi connectivity index (χ2n) is 3.96. The van der Waals surface area contributed by atoms with E-state index in [1.807, 2.05) is 0 Å². The maximum atomic E-state index is 11.4. The highest BCUT2D eigenvalue weighted by Crippen LogP contribution is 2.37. The molecule has 0 spiro atoms. The number of aliphatic hydroxyl groups is 1. The minimum atomic E-state index is -1.54. The Bertz CT molecular complexity index is 606. The van der Waals surface area contributed by atoms with Gasteiger partial charge in [-0.15, -0.1) is 0 Å². The number of aliphatic hydroxyl groups excluding tert-OH is 1. The zero-order chi connectivity index (χ0) is 14.9. The smallest absolute Gasteiger partial charge is 0.508 e. The van der Waals surface area contributed by atoms with Crippen molar-refractivity contribution in [3.63, 3.8) is 0 Å². The van der Waals surface area contributed by atoms with Crippen molar-refractivity contribution >= 4 is 42.7 Å². The summed E-state index contributed by atoms with van der Waals surface area (Å²) in [6.07, 6.45) is 0. The fourth-order valence-electron chi connectivity index (χ4n) is 1.94. The molecule has 1 heterocycles. The third-order valence-electron chi connectivity index (χ3n) is 2.75. The Morgan fingerprint density at radius 2 is 2.25 bits per heavy atom. The van der Waals surface area contributed by atoms with Crippen molar-refractivity contribution in [2.24, 2.45) is 5.73 Å². The second-order valence-corrected chi connectivity index (χ2v) is 5.13. The zero-order valence-electron chi connectivity index (χ0n) is 10.4. The predicted octanol–water partition coefficient (Wildman–Crippen LogP) is -0.788. The van der Waals surface area contributed by atoms with Gasteiger partial charge in [-0.1, -0.05) is 12.1 Å². The van der Waals surface area contributed by atoms with Crippen LogP contribution in [-0.4, -0.2) is 41.0 Å². The molecule has 0 bridgehead atoms. The second kappa shape index (κ2) is 5.47. The van der Waals surface area contributed by atoms with Crippen LogP contribution in [-0.2, 0) is 14.2 Å². The van der Waals surface area contributed by atoms with Gasteiger partial charge >= 0.3 is 7.12 Å². The molecule has 1 aliphatic rings. The number of likely N-dealkylation sites (N-methyl/N-ethyl adjacent to an activating group) is 1. The maximum absolute atomic E-state index is 11.4. The molecule has 0 fully saturated rings. The van der Waals surface area contributed by atoms with Crippen molar-refractivity contribution in [2.45, 2.75) is 4.90 Å². The van der Waals surface area contributed by atoms with Crippen molar-refractivity contribution in [1.82, 2.24) is 4.31 Å². The van der Waals surface area contributed by atoms with E-state index in [1.54, 1.807) is 19.2 Å². The molecule has 0 saturated carbocycles. The highest BCUT2D eigenvalue weighted by molar-refractivity contribution is 7.97. The van der Waals surface area contributed by atoms with Gasteiger partial charge in [-0.2, -0.15) is 0 Å². The molecule has 0 radical (unpaired) electrons. The lowest BCUT2D eigenvalue weighted by Crippen LogP contribution is -2.38. The number of carbonyl (C=O) groups excluding carboxylic acids is 2. The lowest BCUT2D eigenvalue weighted by atomic mass is 9.75. The van der Waals surface area contributed by atoms with Crippen molar-refractivity contribution in [3.8, 4) is 0 Å². The summed E-state index contributed by atoms with van der Waals surface area (Å²) in [6, 6.07) is 4.81. The molecule has 0 unspecified atom stereocenters. The first kappa shape index (κ1) is 14.3. The molecule has 1 aromatic rings. The van der Waals surface area contributed by atoms with Crippen LogP contribution < -0.4 is 11.2 Å². The first-order valence-corrected chi connectivity index (χ1v) is 6.30. The molecule has 0 atom stereocenters. The van der Waals surface area contributed by atoms with Gasteiger partial charge in [0.05, 0.1) is 0 Å². The van der Waals surface area contributed by atoms with E-state index in [0.29, 0.717) is 4.90 Å². The molecule has 1 aromatic carbocycles. The predicted molar refractivity (Wildman–Crippen MR) is 73.6 cm³/mol. The number of carbonyl (C=O) groups is 2. The average molecular weight is 294 g/mol. The zero-order valence-corrected chi connectivity index (χ0v) is 11.3. The van der Waals surface area contributed by atoms with Gasteiger partial charge in [0.1, 0.15) is 0 Å². The van der Waals surface area contributed by atoms with E-state index in [4.69, 9.17) is 5.73 Å². The topological polar surface area (TPSA) is 113 Å². The number of rotatable bonds is 4. The minimum absolute atomic E-state index is 0.0896. The summed E-state index contributed by atoms with van der Waals surface area (Å²) in [7, 11) is 0.0392. The number of benzene rings is 1. The molecule has 4 N–H and O–H groups in total. The molecule has 0 saturated heterocycles. The molecule has 20 heavy (non-hydrogen) atoms. The van der Waals surface area contributed by atoms with Crippen molar-refractivity contribution in [3.05, 3.63) is 29.5 Å². The fourth-order valence-corrected chi connectivity index (χ4v) is 2.95. The highest BCUT2D eigenvalue weighted by atomic mass is 32.2. The van der Waals surface area contributed by atoms with Crippen molar-refractivity contribution in [2.75, 3.05) is 7.05 Å². The number of fused-ring (bicyclic) bond motifs is 1. The van der Waals surface area contributed by atoms with E-state index in [-0.39, 0.29) is 29.0 Å². The van der Waals surface area contributed by atoms with Gasteiger partial charge in [0.2, 0.25) is 0 Å². The van der Waals surface area contributed by atoms with Crippen LogP contribution in [0.5, 0.6) is 0 Å². The third kappa shape index (κ3) is 2.32. The van der Waals surface area contributed by atoms with E-state index >= 15 is 0 Å². The lowest BCUT2D eigenvalue weighted by molar-refractivity contribution is -0.121. The standard InChI is InChI=1S/C11H11BN2O5S/c1-14-9(11(13)17)10(16)8-6(12(18)19-5-15)3-2-4-7(8)20-14/h2-5,16,18H,1H3,(H2,13,17). The lowest BCUT2D eigenvalue weighted by Gasteiger charge is -2.28. The van der Waals surface area contributed by atoms with Crippen LogP contribution in [0.1, 0.15) is 5.56 Å². The monoisotopic (exact) mass is 294 g/mol. The normalized spacial score (nSPS) is 13.8. The third-order valence-corrected chi connectivity index (χ3v) is 3.75. The Kier molecular flexibility index (Phi) is 3.91. The van der Waals surface area contributed by atoms with Gasteiger partial charge in [-0.25, -0.2) is 0 Å². The average Bonchev–Trinajstić information content (AvgIpc) is 2.37. The molecular weight excluding hydrogens is 283 g/mol. The Morgan fingerprint density at radius 1 is 1.55 bits per heavy atom. The summed E-state index contributed by atoms with van der Waals surface area (Å²) in [5.41, 5.74) is 5.53. The van der Waals surface area contributed by atoms with Crippen LogP contribution in [0, 0.1) is 0 Å². The Labute approximate surface area is 119 Å². The largest absolute Gasteiger partial charge is 0.562 e. The first-order valence-electron chi connectivity index (χ1n) is 5.52. The SMILES string of the molecule is CN1Sc2cccc(B(O)OC=O)c2C(O)=C1C(N)=O. The van der Waals surface area contributed by atoms with Crippen molar-refractivity contribution < 1.29 is 24.4 Å². The van der Waals surface area contributed by atoms with Crippen LogP contribution in [0.4, 0.5) is 0 Å². The Balaban J connectivity index is 2.63. The van der Waals surface area contributed by atoms with Crippen LogP contribution in [0.15, 0.2) is 28.8 Å². The summed E-state index contributed by atoms with van der Waals surface area (Å²) in [4.78, 5) is 22.3. The number of amides is 1. The van der Waals surface area contributed by atoms with E-state index in [1.165, 1.54) is 10.4 Å². The summed E-state index contributed by atoms with van der Waals surface area (Å²) >= 11 is 1.16. The number of nitrogens with two attached hydrogens (primary N) is 1. The summed E-state index contributed by atoms with van der Waals surface area (Å²) in [5, 5.41) is 20.0. The maximum Gasteiger partial charge on any atom is 0.562 e. The van der Waals surface area contributed by atoms with Crippen LogP contribution in [0.2, 0.25) is 0 Å². The number of hydrogen-bond donors (Lipinski definition) is 3. The molecule has 0 aromatic heterocycles. The summed E-state index contributed by atoms with van der Waals surface area (Å²) < 4.78 is 5.89. The van der Waals surface area contributed by atoms with E-state index in [0.717, 1.165) is 11.9 Å².